The first-order valence-corrected chi connectivity index (χ1v) is 9.75. The Morgan fingerprint density at radius 1 is 0.833 bits per heavy atom. The summed E-state index contributed by atoms with van der Waals surface area (Å²) >= 11 is 6.06. The van der Waals surface area contributed by atoms with Crippen LogP contribution in [0.25, 0.3) is 0 Å². The Labute approximate surface area is 179 Å². The van der Waals surface area contributed by atoms with Crippen molar-refractivity contribution in [1.29, 1.82) is 0 Å². The summed E-state index contributed by atoms with van der Waals surface area (Å²) in [7, 11) is 0. The first-order valence-electron chi connectivity index (χ1n) is 9.37. The second-order valence-electron chi connectivity index (χ2n) is 6.22. The van der Waals surface area contributed by atoms with Crippen LogP contribution in [0.4, 0.5) is 11.4 Å². The molecule has 0 atom stereocenters. The van der Waals surface area contributed by atoms with E-state index in [1.165, 1.54) is 0 Å². The van der Waals surface area contributed by atoms with Crippen LogP contribution < -0.4 is 20.1 Å². The van der Waals surface area contributed by atoms with Crippen LogP contribution in [-0.2, 0) is 4.79 Å². The number of nitrogens with one attached hydrogen (secondary N) is 2. The van der Waals surface area contributed by atoms with Crippen LogP contribution in [0, 0.1) is 0 Å². The smallest absolute Gasteiger partial charge is 0.262 e. The third kappa shape index (κ3) is 5.75. The summed E-state index contributed by atoms with van der Waals surface area (Å²) in [6.07, 6.45) is 0. The maximum Gasteiger partial charge on any atom is 0.262 e. The van der Waals surface area contributed by atoms with Crippen molar-refractivity contribution < 1.29 is 19.1 Å². The van der Waals surface area contributed by atoms with Gasteiger partial charge in [-0.05, 0) is 55.5 Å². The van der Waals surface area contributed by atoms with E-state index in [0.29, 0.717) is 40.1 Å². The average molecular weight is 425 g/mol. The van der Waals surface area contributed by atoms with Crippen molar-refractivity contribution in [2.45, 2.75) is 6.92 Å². The molecule has 0 saturated heterocycles. The predicted molar refractivity (Wildman–Crippen MR) is 118 cm³/mol. The van der Waals surface area contributed by atoms with Gasteiger partial charge in [0.15, 0.2) is 6.61 Å². The number of halogens is 1. The summed E-state index contributed by atoms with van der Waals surface area (Å²) in [4.78, 5) is 24.5. The highest BCUT2D eigenvalue weighted by Gasteiger charge is 2.10. The highest BCUT2D eigenvalue weighted by Crippen LogP contribution is 2.24. The van der Waals surface area contributed by atoms with Gasteiger partial charge in [-0.2, -0.15) is 0 Å². The molecule has 0 heterocycles. The van der Waals surface area contributed by atoms with Gasteiger partial charge in [-0.1, -0.05) is 35.9 Å². The molecule has 3 aromatic carbocycles. The van der Waals surface area contributed by atoms with E-state index in [-0.39, 0.29) is 18.4 Å². The molecule has 2 amide bonds. The zero-order chi connectivity index (χ0) is 21.3. The molecule has 30 heavy (non-hydrogen) atoms. The van der Waals surface area contributed by atoms with Gasteiger partial charge in [-0.15, -0.1) is 0 Å². The summed E-state index contributed by atoms with van der Waals surface area (Å²) < 4.78 is 11.0. The largest absolute Gasteiger partial charge is 0.492 e. The number of hydrogen-bond acceptors (Lipinski definition) is 4. The molecule has 0 spiro atoms. The van der Waals surface area contributed by atoms with Gasteiger partial charge in [0.05, 0.1) is 23.0 Å². The molecule has 7 heteroatoms. The maximum absolute atomic E-state index is 12.3. The topological polar surface area (TPSA) is 76.7 Å². The van der Waals surface area contributed by atoms with E-state index in [2.05, 4.69) is 10.6 Å². The first kappa shape index (κ1) is 21.2. The van der Waals surface area contributed by atoms with Gasteiger partial charge in [0.25, 0.3) is 11.8 Å². The van der Waals surface area contributed by atoms with Gasteiger partial charge >= 0.3 is 0 Å². The predicted octanol–water partition coefficient (Wildman–Crippen LogP) is 5.01. The Morgan fingerprint density at radius 3 is 2.20 bits per heavy atom. The number of carbonyl (C=O) groups excluding carboxylic acids is 2. The second-order valence-corrected chi connectivity index (χ2v) is 6.63. The van der Waals surface area contributed by atoms with Crippen LogP contribution in [0.2, 0.25) is 5.02 Å². The molecular formula is C23H21ClN2O4. The van der Waals surface area contributed by atoms with Gasteiger partial charge in [0.1, 0.15) is 11.5 Å². The van der Waals surface area contributed by atoms with Crippen LogP contribution in [-0.4, -0.2) is 25.0 Å². The van der Waals surface area contributed by atoms with Crippen molar-refractivity contribution in [2.24, 2.45) is 0 Å². The van der Waals surface area contributed by atoms with Crippen molar-refractivity contribution in [2.75, 3.05) is 23.8 Å². The minimum absolute atomic E-state index is 0.175. The molecular weight excluding hydrogens is 404 g/mol. The van der Waals surface area contributed by atoms with Crippen molar-refractivity contribution in [1.82, 2.24) is 0 Å². The molecule has 0 aliphatic heterocycles. The van der Waals surface area contributed by atoms with E-state index in [9.17, 15) is 9.59 Å². The minimum Gasteiger partial charge on any atom is -0.492 e. The summed E-state index contributed by atoms with van der Waals surface area (Å²) in [6.45, 7) is 2.20. The average Bonchev–Trinajstić information content (AvgIpc) is 2.76. The number of rotatable bonds is 8. The SMILES string of the molecule is CCOc1ccccc1NC(=O)COc1ccc(C(=O)Nc2ccccc2Cl)cc1. The number of carbonyl (C=O) groups is 2. The van der Waals surface area contributed by atoms with Gasteiger partial charge in [0, 0.05) is 5.56 Å². The minimum atomic E-state index is -0.317. The number of amides is 2. The third-order valence-electron chi connectivity index (χ3n) is 4.07. The summed E-state index contributed by atoms with van der Waals surface area (Å²) in [5, 5.41) is 5.97. The van der Waals surface area contributed by atoms with Crippen LogP contribution in [0.5, 0.6) is 11.5 Å². The van der Waals surface area contributed by atoms with Crippen molar-refractivity contribution in [3.05, 3.63) is 83.4 Å². The number of para-hydroxylation sites is 3. The van der Waals surface area contributed by atoms with E-state index in [1.54, 1.807) is 60.7 Å². The Bertz CT molecular complexity index is 1020. The monoisotopic (exact) mass is 424 g/mol. The molecule has 0 radical (unpaired) electrons. The quantitative estimate of drug-likeness (QED) is 0.533. The second kappa shape index (κ2) is 10.3. The van der Waals surface area contributed by atoms with Crippen LogP contribution in [0.1, 0.15) is 17.3 Å². The van der Waals surface area contributed by atoms with Gasteiger partial charge in [-0.25, -0.2) is 0 Å². The van der Waals surface area contributed by atoms with E-state index < -0.39 is 0 Å². The highest BCUT2D eigenvalue weighted by atomic mass is 35.5. The fraction of sp³-hybridized carbons (Fsp3) is 0.130. The van der Waals surface area contributed by atoms with Gasteiger partial charge in [0.2, 0.25) is 0 Å². The Morgan fingerprint density at radius 2 is 1.50 bits per heavy atom. The Balaban J connectivity index is 1.54. The van der Waals surface area contributed by atoms with Gasteiger partial charge in [-0.3, -0.25) is 9.59 Å². The first-order chi connectivity index (χ1) is 14.6. The molecule has 154 valence electrons. The summed E-state index contributed by atoms with van der Waals surface area (Å²) in [6, 6.07) is 20.7. The normalized spacial score (nSPS) is 10.2. The number of hydrogen-bond donors (Lipinski definition) is 2. The lowest BCUT2D eigenvalue weighted by molar-refractivity contribution is -0.118. The lowest BCUT2D eigenvalue weighted by atomic mass is 10.2. The van der Waals surface area contributed by atoms with Crippen LogP contribution >= 0.6 is 11.6 Å². The lowest BCUT2D eigenvalue weighted by Gasteiger charge is -2.12. The molecule has 0 unspecified atom stereocenters. The molecule has 2 N–H and O–H groups in total. The molecule has 3 aromatic rings. The van der Waals surface area contributed by atoms with E-state index in [1.807, 2.05) is 19.1 Å². The number of benzene rings is 3. The molecule has 0 saturated carbocycles. The molecule has 6 nitrogen and oxygen atoms in total. The molecule has 3 rings (SSSR count). The van der Waals surface area contributed by atoms with Gasteiger partial charge < -0.3 is 20.1 Å². The standard InChI is InChI=1S/C23H21ClN2O4/c1-2-29-21-10-6-5-9-20(21)25-22(27)15-30-17-13-11-16(12-14-17)23(28)26-19-8-4-3-7-18(19)24/h3-14H,2,15H2,1H3,(H,25,27)(H,26,28). The van der Waals surface area contributed by atoms with Crippen molar-refractivity contribution in [3.63, 3.8) is 0 Å². The molecule has 0 fully saturated rings. The lowest BCUT2D eigenvalue weighted by Crippen LogP contribution is -2.20. The zero-order valence-corrected chi connectivity index (χ0v) is 17.1. The number of anilines is 2. The summed E-state index contributed by atoms with van der Waals surface area (Å²) in [5.41, 5.74) is 1.56. The van der Waals surface area contributed by atoms with Crippen LogP contribution in [0.15, 0.2) is 72.8 Å². The molecule has 0 aliphatic rings. The maximum atomic E-state index is 12.3. The highest BCUT2D eigenvalue weighted by molar-refractivity contribution is 6.33. The van der Waals surface area contributed by atoms with Crippen molar-refractivity contribution in [3.8, 4) is 11.5 Å². The molecule has 0 aliphatic carbocycles. The zero-order valence-electron chi connectivity index (χ0n) is 16.4. The fourth-order valence-electron chi connectivity index (χ4n) is 2.65. The fourth-order valence-corrected chi connectivity index (χ4v) is 2.83. The van der Waals surface area contributed by atoms with E-state index in [4.69, 9.17) is 21.1 Å². The Kier molecular flexibility index (Phi) is 7.29. The van der Waals surface area contributed by atoms with E-state index >= 15 is 0 Å². The Hall–Kier alpha value is -3.51. The third-order valence-corrected chi connectivity index (χ3v) is 4.40. The van der Waals surface area contributed by atoms with Crippen molar-refractivity contribution >= 4 is 34.8 Å². The molecule has 0 bridgehead atoms. The van der Waals surface area contributed by atoms with E-state index in [0.717, 1.165) is 0 Å². The summed E-state index contributed by atoms with van der Waals surface area (Å²) in [5.74, 6) is 0.461. The number of ether oxygens (including phenoxy) is 2. The van der Waals surface area contributed by atoms with Crippen LogP contribution in [0.3, 0.4) is 0 Å². The molecule has 0 aromatic heterocycles.